The number of aromatic nitrogens is 1. The zero-order valence-corrected chi connectivity index (χ0v) is 10.7. The average molecular weight is 248 g/mol. The molecule has 0 radical (unpaired) electrons. The van der Waals surface area contributed by atoms with E-state index >= 15 is 0 Å². The molecule has 1 aromatic rings. The Balaban J connectivity index is 2.10. The molecule has 4 N–H and O–H groups in total. The zero-order chi connectivity index (χ0) is 13.1. The Labute approximate surface area is 107 Å². The van der Waals surface area contributed by atoms with Gasteiger partial charge in [0.05, 0.1) is 0 Å². The molecular weight excluding hydrogens is 228 g/mol. The molecule has 0 atom stereocenters. The van der Waals surface area contributed by atoms with E-state index < -0.39 is 5.91 Å². The molecule has 0 aromatic carbocycles. The summed E-state index contributed by atoms with van der Waals surface area (Å²) < 4.78 is 0. The van der Waals surface area contributed by atoms with Crippen molar-refractivity contribution in [3.8, 4) is 0 Å². The first-order chi connectivity index (χ1) is 8.58. The van der Waals surface area contributed by atoms with Gasteiger partial charge in [-0.2, -0.15) is 0 Å². The summed E-state index contributed by atoms with van der Waals surface area (Å²) in [5.74, 6) is 0.308. The Morgan fingerprint density at radius 1 is 1.33 bits per heavy atom. The molecule has 0 bridgehead atoms. The summed E-state index contributed by atoms with van der Waals surface area (Å²) in [6, 6.07) is 6.13. The smallest absolute Gasteiger partial charge is 0.267 e. The third kappa shape index (κ3) is 2.79. The largest absolute Gasteiger partial charge is 0.364 e. The van der Waals surface area contributed by atoms with Crippen molar-refractivity contribution in [1.29, 1.82) is 0 Å². The minimum atomic E-state index is -0.490. The van der Waals surface area contributed by atoms with Crippen LogP contribution in [0.3, 0.4) is 0 Å². The van der Waals surface area contributed by atoms with Crippen molar-refractivity contribution in [3.05, 3.63) is 23.9 Å². The van der Waals surface area contributed by atoms with Crippen LogP contribution in [-0.4, -0.2) is 30.0 Å². The van der Waals surface area contributed by atoms with E-state index in [4.69, 9.17) is 11.5 Å². The number of primary amides is 1. The predicted molar refractivity (Wildman–Crippen MR) is 71.4 cm³/mol. The van der Waals surface area contributed by atoms with Crippen LogP contribution in [0.25, 0.3) is 0 Å². The van der Waals surface area contributed by atoms with E-state index in [1.165, 1.54) is 0 Å². The van der Waals surface area contributed by atoms with E-state index in [-0.39, 0.29) is 0 Å². The highest BCUT2D eigenvalue weighted by molar-refractivity contribution is 5.91. The number of anilines is 1. The van der Waals surface area contributed by atoms with Crippen molar-refractivity contribution in [3.63, 3.8) is 0 Å². The molecule has 5 heteroatoms. The summed E-state index contributed by atoms with van der Waals surface area (Å²) in [6.45, 7) is 0. The Kier molecular flexibility index (Phi) is 3.81. The zero-order valence-electron chi connectivity index (χ0n) is 10.7. The molecule has 18 heavy (non-hydrogen) atoms. The third-order valence-electron chi connectivity index (χ3n) is 3.64. The van der Waals surface area contributed by atoms with E-state index in [0.717, 1.165) is 31.5 Å². The summed E-state index contributed by atoms with van der Waals surface area (Å²) in [5, 5.41) is 0. The molecule has 1 amide bonds. The van der Waals surface area contributed by atoms with Gasteiger partial charge in [0.25, 0.3) is 5.91 Å². The highest BCUT2D eigenvalue weighted by Gasteiger charge is 2.23. The minimum absolute atomic E-state index is 0.312. The number of pyridine rings is 1. The first-order valence-electron chi connectivity index (χ1n) is 6.33. The standard InChI is InChI=1S/C13H20N4O/c1-17(10-7-5-9(14)6-8-10)12-4-2-3-11(16-12)13(15)18/h2-4,9-10H,5-8,14H2,1H3,(H2,15,18). The number of hydrogen-bond acceptors (Lipinski definition) is 4. The first-order valence-corrected chi connectivity index (χ1v) is 6.33. The van der Waals surface area contributed by atoms with E-state index in [0.29, 0.717) is 17.8 Å². The van der Waals surface area contributed by atoms with E-state index in [9.17, 15) is 4.79 Å². The number of hydrogen-bond donors (Lipinski definition) is 2. The molecule has 5 nitrogen and oxygen atoms in total. The molecule has 1 fully saturated rings. The minimum Gasteiger partial charge on any atom is -0.364 e. The van der Waals surface area contributed by atoms with Crippen molar-refractivity contribution >= 4 is 11.7 Å². The molecule has 0 spiro atoms. The second-order valence-corrected chi connectivity index (χ2v) is 4.92. The van der Waals surface area contributed by atoms with Gasteiger partial charge in [-0.25, -0.2) is 4.98 Å². The van der Waals surface area contributed by atoms with Crippen LogP contribution in [0.1, 0.15) is 36.2 Å². The molecule has 1 heterocycles. The van der Waals surface area contributed by atoms with Crippen LogP contribution in [0.2, 0.25) is 0 Å². The number of carbonyl (C=O) groups excluding carboxylic acids is 1. The summed E-state index contributed by atoms with van der Waals surface area (Å²) in [4.78, 5) is 17.5. The molecule has 0 aliphatic heterocycles. The molecule has 0 unspecified atom stereocenters. The van der Waals surface area contributed by atoms with Gasteiger partial charge in [-0.3, -0.25) is 4.79 Å². The maximum atomic E-state index is 11.1. The van der Waals surface area contributed by atoms with Gasteiger partial charge in [0.1, 0.15) is 11.5 Å². The van der Waals surface area contributed by atoms with Crippen LogP contribution in [-0.2, 0) is 0 Å². The summed E-state index contributed by atoms with van der Waals surface area (Å²) in [6.07, 6.45) is 4.23. The normalized spacial score (nSPS) is 23.7. The molecule has 98 valence electrons. The van der Waals surface area contributed by atoms with Gasteiger partial charge in [-0.05, 0) is 37.8 Å². The Morgan fingerprint density at radius 3 is 2.61 bits per heavy atom. The lowest BCUT2D eigenvalue weighted by Crippen LogP contribution is -2.39. The molecule has 1 saturated carbocycles. The van der Waals surface area contributed by atoms with Crippen molar-refractivity contribution in [2.45, 2.75) is 37.8 Å². The van der Waals surface area contributed by atoms with Crippen molar-refractivity contribution < 1.29 is 4.79 Å². The van der Waals surface area contributed by atoms with Crippen LogP contribution in [0.5, 0.6) is 0 Å². The Morgan fingerprint density at radius 2 is 2.00 bits per heavy atom. The van der Waals surface area contributed by atoms with Gasteiger partial charge in [0.2, 0.25) is 0 Å². The number of nitrogens with zero attached hydrogens (tertiary/aromatic N) is 2. The average Bonchev–Trinajstić information content (AvgIpc) is 2.39. The van der Waals surface area contributed by atoms with Crippen molar-refractivity contribution in [1.82, 2.24) is 4.98 Å². The van der Waals surface area contributed by atoms with Gasteiger partial charge < -0.3 is 16.4 Å². The SMILES string of the molecule is CN(c1cccc(C(N)=O)n1)C1CCC(N)CC1. The highest BCUT2D eigenvalue weighted by Crippen LogP contribution is 2.24. The van der Waals surface area contributed by atoms with Gasteiger partial charge in [-0.15, -0.1) is 0 Å². The lowest BCUT2D eigenvalue weighted by atomic mass is 9.91. The Hall–Kier alpha value is -1.62. The Bertz CT molecular complexity index is 427. The molecule has 2 rings (SSSR count). The maximum Gasteiger partial charge on any atom is 0.267 e. The maximum absolute atomic E-state index is 11.1. The fraction of sp³-hybridized carbons (Fsp3) is 0.538. The topological polar surface area (TPSA) is 85.2 Å². The number of amides is 1. The monoisotopic (exact) mass is 248 g/mol. The fourth-order valence-electron chi connectivity index (χ4n) is 2.43. The van der Waals surface area contributed by atoms with Crippen LogP contribution >= 0.6 is 0 Å². The van der Waals surface area contributed by atoms with Crippen LogP contribution in [0, 0.1) is 0 Å². The van der Waals surface area contributed by atoms with Gasteiger partial charge in [0.15, 0.2) is 0 Å². The van der Waals surface area contributed by atoms with E-state index in [1.54, 1.807) is 6.07 Å². The second kappa shape index (κ2) is 5.35. The third-order valence-corrected chi connectivity index (χ3v) is 3.64. The van der Waals surface area contributed by atoms with Gasteiger partial charge >= 0.3 is 0 Å². The molecule has 1 aromatic heterocycles. The molecular formula is C13H20N4O. The summed E-state index contributed by atoms with van der Waals surface area (Å²) in [5.41, 5.74) is 11.5. The predicted octanol–water partition coefficient (Wildman–Crippen LogP) is 0.887. The molecule has 1 aliphatic carbocycles. The second-order valence-electron chi connectivity index (χ2n) is 4.92. The highest BCUT2D eigenvalue weighted by atomic mass is 16.1. The molecule has 1 aliphatic rings. The van der Waals surface area contributed by atoms with E-state index in [1.807, 2.05) is 19.2 Å². The van der Waals surface area contributed by atoms with Gasteiger partial charge in [0, 0.05) is 19.1 Å². The number of rotatable bonds is 3. The van der Waals surface area contributed by atoms with Crippen LogP contribution < -0.4 is 16.4 Å². The fourth-order valence-corrected chi connectivity index (χ4v) is 2.43. The van der Waals surface area contributed by atoms with Gasteiger partial charge in [-0.1, -0.05) is 6.07 Å². The number of carbonyl (C=O) groups is 1. The van der Waals surface area contributed by atoms with Crippen molar-refractivity contribution in [2.24, 2.45) is 11.5 Å². The first kappa shape index (κ1) is 12.8. The lowest BCUT2D eigenvalue weighted by Gasteiger charge is -2.34. The van der Waals surface area contributed by atoms with E-state index in [2.05, 4.69) is 9.88 Å². The number of nitrogens with two attached hydrogens (primary N) is 2. The van der Waals surface area contributed by atoms with Crippen LogP contribution in [0.15, 0.2) is 18.2 Å². The van der Waals surface area contributed by atoms with Crippen LogP contribution in [0.4, 0.5) is 5.82 Å². The quantitative estimate of drug-likeness (QED) is 0.831. The summed E-state index contributed by atoms with van der Waals surface area (Å²) >= 11 is 0. The summed E-state index contributed by atoms with van der Waals surface area (Å²) in [7, 11) is 2.01. The lowest BCUT2D eigenvalue weighted by molar-refractivity contribution is 0.0995. The van der Waals surface area contributed by atoms with Crippen molar-refractivity contribution in [2.75, 3.05) is 11.9 Å². The molecule has 0 saturated heterocycles.